The fourth-order valence-corrected chi connectivity index (χ4v) is 3.07. The van der Waals surface area contributed by atoms with Crippen LogP contribution in [0.15, 0.2) is 24.3 Å². The third-order valence-corrected chi connectivity index (χ3v) is 4.26. The summed E-state index contributed by atoms with van der Waals surface area (Å²) in [5.41, 5.74) is 1.04. The predicted molar refractivity (Wildman–Crippen MR) is 71.6 cm³/mol. The maximum absolute atomic E-state index is 12.2. The summed E-state index contributed by atoms with van der Waals surface area (Å²) in [4.78, 5) is 14.2. The van der Waals surface area contributed by atoms with Crippen LogP contribution in [0.5, 0.6) is 0 Å². The Bertz CT molecular complexity index is 434. The van der Waals surface area contributed by atoms with Crippen LogP contribution in [0, 0.1) is 11.8 Å². The van der Waals surface area contributed by atoms with E-state index in [2.05, 4.69) is 5.32 Å². The van der Waals surface area contributed by atoms with Gasteiger partial charge in [-0.15, -0.1) is 0 Å². The van der Waals surface area contributed by atoms with Gasteiger partial charge in [-0.25, -0.2) is 0 Å². The zero-order chi connectivity index (χ0) is 12.5. The zero-order valence-electron chi connectivity index (χ0n) is 10.2. The minimum Gasteiger partial charge on any atom is -0.342 e. The largest absolute Gasteiger partial charge is 0.342 e. The van der Waals surface area contributed by atoms with Crippen molar-refractivity contribution in [3.8, 4) is 0 Å². The molecule has 2 unspecified atom stereocenters. The average molecular weight is 265 g/mol. The lowest BCUT2D eigenvalue weighted by Gasteiger charge is -2.17. The molecule has 1 aromatic rings. The number of rotatable bonds is 2. The number of fused-ring (bicyclic) bond motifs is 1. The molecule has 0 saturated carbocycles. The Morgan fingerprint density at radius 3 is 2.44 bits per heavy atom. The van der Waals surface area contributed by atoms with E-state index in [1.807, 2.05) is 29.2 Å². The maximum Gasteiger partial charge on any atom is 0.227 e. The van der Waals surface area contributed by atoms with Crippen LogP contribution in [-0.2, 0) is 11.2 Å². The van der Waals surface area contributed by atoms with E-state index in [0.29, 0.717) is 23.3 Å². The molecule has 3 rings (SSSR count). The van der Waals surface area contributed by atoms with Crippen molar-refractivity contribution in [1.82, 2.24) is 10.2 Å². The molecule has 18 heavy (non-hydrogen) atoms. The van der Waals surface area contributed by atoms with Crippen molar-refractivity contribution >= 4 is 17.5 Å². The summed E-state index contributed by atoms with van der Waals surface area (Å²) < 4.78 is 0. The smallest absolute Gasteiger partial charge is 0.227 e. The first kappa shape index (κ1) is 12.0. The van der Waals surface area contributed by atoms with Crippen molar-refractivity contribution in [3.63, 3.8) is 0 Å². The number of nitrogens with zero attached hydrogens (tertiary/aromatic N) is 1. The molecule has 2 saturated heterocycles. The van der Waals surface area contributed by atoms with Gasteiger partial charge >= 0.3 is 0 Å². The molecule has 1 N–H and O–H groups in total. The summed E-state index contributed by atoms with van der Waals surface area (Å²) in [6.07, 6.45) is 0.490. The molecule has 2 atom stereocenters. The molecule has 0 radical (unpaired) electrons. The third kappa shape index (κ3) is 2.38. The Hall–Kier alpha value is -1.06. The van der Waals surface area contributed by atoms with Gasteiger partial charge in [-0.2, -0.15) is 0 Å². The minimum atomic E-state index is 0.242. The lowest BCUT2D eigenvalue weighted by Crippen LogP contribution is -2.32. The van der Waals surface area contributed by atoms with Crippen LogP contribution in [-0.4, -0.2) is 37.0 Å². The van der Waals surface area contributed by atoms with Gasteiger partial charge in [0, 0.05) is 31.2 Å². The lowest BCUT2D eigenvalue weighted by molar-refractivity contribution is -0.129. The summed E-state index contributed by atoms with van der Waals surface area (Å²) in [5, 5.41) is 4.10. The number of halogens is 1. The monoisotopic (exact) mass is 264 g/mol. The van der Waals surface area contributed by atoms with E-state index in [9.17, 15) is 4.79 Å². The van der Waals surface area contributed by atoms with E-state index in [1.165, 1.54) is 0 Å². The van der Waals surface area contributed by atoms with Crippen LogP contribution in [0.3, 0.4) is 0 Å². The van der Waals surface area contributed by atoms with Gasteiger partial charge in [-0.3, -0.25) is 4.79 Å². The molecule has 0 bridgehead atoms. The number of likely N-dealkylation sites (tertiary alicyclic amines) is 1. The molecule has 1 amide bonds. The van der Waals surface area contributed by atoms with Crippen LogP contribution in [0.1, 0.15) is 5.56 Å². The number of carbonyl (C=O) groups excluding carboxylic acids is 1. The fraction of sp³-hybridized carbons (Fsp3) is 0.500. The quantitative estimate of drug-likeness (QED) is 0.879. The van der Waals surface area contributed by atoms with Crippen LogP contribution < -0.4 is 5.32 Å². The highest BCUT2D eigenvalue weighted by Crippen LogP contribution is 2.26. The molecule has 4 heteroatoms. The zero-order valence-corrected chi connectivity index (χ0v) is 11.0. The molecule has 0 aliphatic carbocycles. The normalized spacial score (nSPS) is 26.4. The van der Waals surface area contributed by atoms with E-state index in [-0.39, 0.29) is 5.91 Å². The van der Waals surface area contributed by atoms with Crippen molar-refractivity contribution in [1.29, 1.82) is 0 Å². The van der Waals surface area contributed by atoms with Gasteiger partial charge in [-0.05, 0) is 29.5 Å². The molecule has 96 valence electrons. The van der Waals surface area contributed by atoms with Crippen molar-refractivity contribution in [3.05, 3.63) is 34.9 Å². The molecule has 2 heterocycles. The molecular formula is C14H17ClN2O. The molecule has 0 spiro atoms. The molecule has 2 aliphatic heterocycles. The average Bonchev–Trinajstić information content (AvgIpc) is 2.92. The second-order valence-corrected chi connectivity index (χ2v) is 5.72. The molecule has 1 aromatic carbocycles. The first-order chi connectivity index (χ1) is 8.72. The van der Waals surface area contributed by atoms with Crippen LogP contribution in [0.4, 0.5) is 0 Å². The Morgan fingerprint density at radius 1 is 1.22 bits per heavy atom. The number of hydrogen-bond acceptors (Lipinski definition) is 2. The summed E-state index contributed by atoms with van der Waals surface area (Å²) in [7, 11) is 0. The van der Waals surface area contributed by atoms with Crippen molar-refractivity contribution in [2.24, 2.45) is 11.8 Å². The van der Waals surface area contributed by atoms with Gasteiger partial charge in [0.25, 0.3) is 0 Å². The maximum atomic E-state index is 12.2. The molecule has 3 nitrogen and oxygen atoms in total. The van der Waals surface area contributed by atoms with Crippen molar-refractivity contribution in [2.45, 2.75) is 6.42 Å². The number of amides is 1. The number of benzene rings is 1. The number of hydrogen-bond donors (Lipinski definition) is 1. The van der Waals surface area contributed by atoms with Gasteiger partial charge in [0.15, 0.2) is 0 Å². The summed E-state index contributed by atoms with van der Waals surface area (Å²) in [6.45, 7) is 3.97. The topological polar surface area (TPSA) is 32.3 Å². The fourth-order valence-electron chi connectivity index (χ4n) is 2.95. The van der Waals surface area contributed by atoms with E-state index in [4.69, 9.17) is 11.6 Å². The first-order valence-electron chi connectivity index (χ1n) is 6.45. The van der Waals surface area contributed by atoms with Gasteiger partial charge in [0.05, 0.1) is 6.42 Å². The van der Waals surface area contributed by atoms with Crippen LogP contribution >= 0.6 is 11.6 Å². The highest BCUT2D eigenvalue weighted by atomic mass is 35.5. The van der Waals surface area contributed by atoms with Gasteiger partial charge in [0.2, 0.25) is 5.91 Å². The molecular weight excluding hydrogens is 248 g/mol. The Morgan fingerprint density at radius 2 is 1.83 bits per heavy atom. The number of nitrogens with one attached hydrogen (secondary N) is 1. The lowest BCUT2D eigenvalue weighted by atomic mass is 10.0. The molecule has 2 fully saturated rings. The minimum absolute atomic E-state index is 0.242. The van der Waals surface area contributed by atoms with Gasteiger partial charge in [0.1, 0.15) is 0 Å². The van der Waals surface area contributed by atoms with Gasteiger partial charge in [-0.1, -0.05) is 23.7 Å². The Kier molecular flexibility index (Phi) is 3.27. The summed E-state index contributed by atoms with van der Waals surface area (Å²) >= 11 is 5.84. The Balaban J connectivity index is 1.60. The van der Waals surface area contributed by atoms with E-state index in [1.54, 1.807) is 0 Å². The SMILES string of the molecule is O=C(Cc1ccc(Cl)cc1)N1CC2CNCC2C1. The highest BCUT2D eigenvalue weighted by Gasteiger charge is 2.37. The predicted octanol–water partition coefficient (Wildman–Crippen LogP) is 1.56. The standard InChI is InChI=1S/C14H17ClN2O/c15-13-3-1-10(2-4-13)5-14(18)17-8-11-6-16-7-12(11)9-17/h1-4,11-12,16H,5-9H2. The summed E-state index contributed by atoms with van der Waals surface area (Å²) in [6, 6.07) is 7.54. The van der Waals surface area contributed by atoms with E-state index >= 15 is 0 Å². The first-order valence-corrected chi connectivity index (χ1v) is 6.83. The van der Waals surface area contributed by atoms with Gasteiger partial charge < -0.3 is 10.2 Å². The molecule has 0 aromatic heterocycles. The van der Waals surface area contributed by atoms with Crippen LogP contribution in [0.25, 0.3) is 0 Å². The molecule has 2 aliphatic rings. The number of carbonyl (C=O) groups is 1. The second kappa shape index (κ2) is 4.90. The van der Waals surface area contributed by atoms with Crippen molar-refractivity contribution in [2.75, 3.05) is 26.2 Å². The van der Waals surface area contributed by atoms with E-state index in [0.717, 1.165) is 31.7 Å². The van der Waals surface area contributed by atoms with Crippen molar-refractivity contribution < 1.29 is 4.79 Å². The van der Waals surface area contributed by atoms with Crippen LogP contribution in [0.2, 0.25) is 5.02 Å². The second-order valence-electron chi connectivity index (χ2n) is 5.28. The highest BCUT2D eigenvalue weighted by molar-refractivity contribution is 6.30. The Labute approximate surface area is 112 Å². The van der Waals surface area contributed by atoms with E-state index < -0.39 is 0 Å². The third-order valence-electron chi connectivity index (χ3n) is 4.01. The summed E-state index contributed by atoms with van der Waals surface area (Å²) in [5.74, 6) is 1.57.